The molecule has 0 aliphatic rings. The SMILES string of the molecule is C=c1[nH]c(=S)n(-c2ccc(F)cc2)c(=O)/c1=C\c1cc(C)n(-c2ccccc2C(=O)OC)c1C. The van der Waals surface area contributed by atoms with Crippen LogP contribution < -0.4 is 16.1 Å². The normalized spacial score (nSPS) is 11.6. The maximum absolute atomic E-state index is 13.4. The molecule has 34 heavy (non-hydrogen) atoms. The van der Waals surface area contributed by atoms with Crippen LogP contribution in [0.5, 0.6) is 0 Å². The molecule has 0 aliphatic carbocycles. The van der Waals surface area contributed by atoms with Gasteiger partial charge < -0.3 is 14.3 Å². The van der Waals surface area contributed by atoms with Crippen molar-refractivity contribution >= 4 is 30.8 Å². The Bertz CT molecular complexity index is 1650. The van der Waals surface area contributed by atoms with E-state index in [4.69, 9.17) is 17.0 Å². The van der Waals surface area contributed by atoms with Gasteiger partial charge in [-0.25, -0.2) is 9.18 Å². The van der Waals surface area contributed by atoms with Gasteiger partial charge in [-0.05, 0) is 80.2 Å². The van der Waals surface area contributed by atoms with Gasteiger partial charge in [-0.15, -0.1) is 0 Å². The number of nitrogens with one attached hydrogen (secondary N) is 1. The molecule has 0 aliphatic heterocycles. The number of aromatic nitrogens is 3. The molecule has 172 valence electrons. The number of benzene rings is 2. The monoisotopic (exact) mass is 475 g/mol. The second kappa shape index (κ2) is 9.07. The summed E-state index contributed by atoms with van der Waals surface area (Å²) in [6.45, 7) is 7.78. The molecule has 0 saturated carbocycles. The first kappa shape index (κ1) is 23.1. The summed E-state index contributed by atoms with van der Waals surface area (Å²) in [5, 5.41) is 0.688. The number of carbonyl (C=O) groups excluding carboxylic acids is 1. The third kappa shape index (κ3) is 4.04. The minimum absolute atomic E-state index is 0.163. The molecule has 8 heteroatoms. The van der Waals surface area contributed by atoms with E-state index in [2.05, 4.69) is 11.6 Å². The number of esters is 1. The molecule has 6 nitrogen and oxygen atoms in total. The predicted octanol–water partition coefficient (Wildman–Crippen LogP) is 3.47. The molecule has 0 radical (unpaired) electrons. The number of methoxy groups -OCH3 is 1. The number of H-pyrrole nitrogens is 1. The molecule has 2 heterocycles. The smallest absolute Gasteiger partial charge is 0.339 e. The highest BCUT2D eigenvalue weighted by Gasteiger charge is 2.17. The number of carbonyl (C=O) groups is 1. The number of hydrogen-bond acceptors (Lipinski definition) is 4. The lowest BCUT2D eigenvalue weighted by Crippen LogP contribution is -2.46. The highest BCUT2D eigenvalue weighted by Crippen LogP contribution is 2.24. The minimum atomic E-state index is -0.438. The number of nitrogens with zero attached hydrogens (tertiary/aromatic N) is 2. The van der Waals surface area contributed by atoms with Crippen LogP contribution in [0.15, 0.2) is 59.4 Å². The Hall–Kier alpha value is -4.04. The van der Waals surface area contributed by atoms with Gasteiger partial charge in [0.15, 0.2) is 4.77 Å². The van der Waals surface area contributed by atoms with Crippen LogP contribution in [-0.4, -0.2) is 27.2 Å². The molecule has 0 amide bonds. The third-order valence-electron chi connectivity index (χ3n) is 5.62. The second-order valence-electron chi connectivity index (χ2n) is 7.75. The number of hydrogen-bond donors (Lipinski definition) is 1. The summed E-state index contributed by atoms with van der Waals surface area (Å²) in [5.41, 5.74) is 3.64. The largest absolute Gasteiger partial charge is 0.465 e. The average Bonchev–Trinajstić information content (AvgIpc) is 3.09. The van der Waals surface area contributed by atoms with Gasteiger partial charge in [-0.3, -0.25) is 9.36 Å². The fraction of sp³-hybridized carbons (Fsp3) is 0.115. The second-order valence-corrected chi connectivity index (χ2v) is 8.14. The van der Waals surface area contributed by atoms with Crippen molar-refractivity contribution in [3.05, 3.63) is 109 Å². The molecule has 0 saturated heterocycles. The summed E-state index contributed by atoms with van der Waals surface area (Å²) in [5.74, 6) is -0.849. The van der Waals surface area contributed by atoms with Crippen LogP contribution >= 0.6 is 12.2 Å². The topological polar surface area (TPSA) is 69.0 Å². The molecule has 0 bridgehead atoms. The van der Waals surface area contributed by atoms with Gasteiger partial charge >= 0.3 is 5.97 Å². The Labute approximate surface area is 199 Å². The number of aromatic amines is 1. The number of ether oxygens (including phenoxy) is 1. The van der Waals surface area contributed by atoms with E-state index in [1.807, 2.05) is 36.6 Å². The van der Waals surface area contributed by atoms with Crippen molar-refractivity contribution in [3.63, 3.8) is 0 Å². The van der Waals surface area contributed by atoms with Crippen LogP contribution in [-0.2, 0) is 4.74 Å². The summed E-state index contributed by atoms with van der Waals surface area (Å²) in [4.78, 5) is 28.7. The van der Waals surface area contributed by atoms with Crippen LogP contribution in [0.3, 0.4) is 0 Å². The van der Waals surface area contributed by atoms with Crippen molar-refractivity contribution in [1.82, 2.24) is 14.1 Å². The molecular weight excluding hydrogens is 453 g/mol. The van der Waals surface area contributed by atoms with Crippen LogP contribution in [0.2, 0.25) is 0 Å². The van der Waals surface area contributed by atoms with Gasteiger partial charge in [0, 0.05) is 16.7 Å². The van der Waals surface area contributed by atoms with Gasteiger partial charge in [0.25, 0.3) is 5.56 Å². The van der Waals surface area contributed by atoms with Gasteiger partial charge in [0.05, 0.1) is 29.3 Å². The molecule has 0 unspecified atom stereocenters. The fourth-order valence-corrected chi connectivity index (χ4v) is 4.29. The van der Waals surface area contributed by atoms with Crippen molar-refractivity contribution in [2.75, 3.05) is 7.11 Å². The number of para-hydroxylation sites is 1. The molecule has 4 rings (SSSR count). The van der Waals surface area contributed by atoms with Crippen LogP contribution in [0.25, 0.3) is 24.0 Å². The predicted molar refractivity (Wildman–Crippen MR) is 132 cm³/mol. The highest BCUT2D eigenvalue weighted by atomic mass is 32.1. The van der Waals surface area contributed by atoms with Crippen LogP contribution in [0.4, 0.5) is 4.39 Å². The lowest BCUT2D eigenvalue weighted by Gasteiger charge is -2.13. The standard InChI is InChI=1S/C26H22FN3O3S/c1-15-13-18(17(3)29(15)23-8-6-5-7-21(23)25(32)33-4)14-22-16(2)28-26(34)30(24(22)31)20-11-9-19(27)10-12-20/h5-14H,2H2,1,3-4H3,(H,28,34)/b22-14-. The van der Waals surface area contributed by atoms with E-state index < -0.39 is 11.8 Å². The zero-order valence-corrected chi connectivity index (χ0v) is 19.7. The maximum atomic E-state index is 13.4. The molecule has 2 aromatic heterocycles. The Morgan fingerprint density at radius 1 is 1.12 bits per heavy atom. The van der Waals surface area contributed by atoms with Gasteiger partial charge in [-0.1, -0.05) is 18.7 Å². The van der Waals surface area contributed by atoms with Crippen molar-refractivity contribution in [2.24, 2.45) is 0 Å². The number of aryl methyl sites for hydroxylation is 1. The summed E-state index contributed by atoms with van der Waals surface area (Å²) < 4.78 is 21.7. The molecule has 0 spiro atoms. The van der Waals surface area contributed by atoms with E-state index in [9.17, 15) is 14.0 Å². The van der Waals surface area contributed by atoms with E-state index in [1.165, 1.54) is 35.9 Å². The summed E-state index contributed by atoms with van der Waals surface area (Å²) in [6, 6.07) is 14.6. The molecule has 1 N–H and O–H groups in total. The zero-order valence-electron chi connectivity index (χ0n) is 18.9. The first-order valence-electron chi connectivity index (χ1n) is 10.4. The van der Waals surface area contributed by atoms with Crippen molar-refractivity contribution in [1.29, 1.82) is 0 Å². The van der Waals surface area contributed by atoms with Crippen LogP contribution in [0, 0.1) is 24.4 Å². The highest BCUT2D eigenvalue weighted by molar-refractivity contribution is 7.71. The molecule has 0 fully saturated rings. The van der Waals surface area contributed by atoms with Gasteiger partial charge in [-0.2, -0.15) is 0 Å². The first-order chi connectivity index (χ1) is 16.2. The van der Waals surface area contributed by atoms with Gasteiger partial charge in [0.1, 0.15) is 5.82 Å². The zero-order chi connectivity index (χ0) is 24.6. The maximum Gasteiger partial charge on any atom is 0.339 e. The van der Waals surface area contributed by atoms with Crippen molar-refractivity contribution < 1.29 is 13.9 Å². The number of halogens is 1. The molecule has 4 aromatic rings. The Kier molecular flexibility index (Phi) is 6.17. The quantitative estimate of drug-likeness (QED) is 0.363. The average molecular weight is 476 g/mol. The lowest BCUT2D eigenvalue weighted by molar-refractivity contribution is 0.0600. The Morgan fingerprint density at radius 3 is 2.47 bits per heavy atom. The van der Waals surface area contributed by atoms with Crippen molar-refractivity contribution in [3.8, 4) is 11.4 Å². The lowest BCUT2D eigenvalue weighted by atomic mass is 10.1. The first-order valence-corrected chi connectivity index (χ1v) is 10.8. The van der Waals surface area contributed by atoms with E-state index in [-0.39, 0.29) is 10.3 Å². The Balaban J connectivity index is 1.95. The van der Waals surface area contributed by atoms with E-state index in [0.717, 1.165) is 17.0 Å². The van der Waals surface area contributed by atoms with E-state index >= 15 is 0 Å². The molecule has 0 atom stereocenters. The minimum Gasteiger partial charge on any atom is -0.465 e. The number of rotatable bonds is 4. The molecular formula is C26H22FN3O3S. The van der Waals surface area contributed by atoms with E-state index in [0.29, 0.717) is 27.5 Å². The summed E-state index contributed by atoms with van der Waals surface area (Å²) in [7, 11) is 1.34. The van der Waals surface area contributed by atoms with Crippen LogP contribution in [0.1, 0.15) is 27.3 Å². The third-order valence-corrected chi connectivity index (χ3v) is 5.91. The molecule has 2 aromatic carbocycles. The summed E-state index contributed by atoms with van der Waals surface area (Å²) >= 11 is 5.34. The summed E-state index contributed by atoms with van der Waals surface area (Å²) in [6.07, 6.45) is 1.73. The van der Waals surface area contributed by atoms with Crippen molar-refractivity contribution in [2.45, 2.75) is 13.8 Å². The Morgan fingerprint density at radius 2 is 1.79 bits per heavy atom. The fourth-order valence-electron chi connectivity index (χ4n) is 3.98. The van der Waals surface area contributed by atoms with Gasteiger partial charge in [0.2, 0.25) is 0 Å². The van der Waals surface area contributed by atoms with E-state index in [1.54, 1.807) is 18.2 Å².